The number of amides is 3. The van der Waals surface area contributed by atoms with Crippen LogP contribution in [-0.2, 0) is 17.6 Å². The first-order valence-electron chi connectivity index (χ1n) is 17.5. The van der Waals surface area contributed by atoms with E-state index in [1.807, 2.05) is 68.3 Å². The summed E-state index contributed by atoms with van der Waals surface area (Å²) in [4.78, 5) is 49.9. The van der Waals surface area contributed by atoms with Crippen LogP contribution in [0.4, 0.5) is 4.79 Å². The van der Waals surface area contributed by atoms with Crippen molar-refractivity contribution in [1.82, 2.24) is 20.1 Å². The molecule has 6 rings (SSSR count). The average molecular weight is 689 g/mol. The Bertz CT molecular complexity index is 1650. The van der Waals surface area contributed by atoms with Gasteiger partial charge in [-0.25, -0.2) is 9.78 Å². The highest BCUT2D eigenvalue weighted by molar-refractivity contribution is 7.09. The van der Waals surface area contributed by atoms with Crippen LogP contribution >= 0.6 is 11.3 Å². The lowest BCUT2D eigenvalue weighted by Gasteiger charge is -2.35. The summed E-state index contributed by atoms with van der Waals surface area (Å²) < 4.78 is 11.8. The van der Waals surface area contributed by atoms with Crippen LogP contribution in [0.3, 0.4) is 0 Å². The van der Waals surface area contributed by atoms with Crippen molar-refractivity contribution in [2.24, 2.45) is 0 Å². The third kappa shape index (κ3) is 8.10. The molecule has 2 saturated heterocycles. The van der Waals surface area contributed by atoms with Crippen LogP contribution in [0.2, 0.25) is 0 Å². The number of nitrogens with one attached hydrogen (secondary N) is 1. The van der Waals surface area contributed by atoms with Gasteiger partial charge in [-0.3, -0.25) is 9.59 Å². The second-order valence-electron chi connectivity index (χ2n) is 14.4. The number of carbonyl (C=O) groups excluding carboxylic acids is 3. The van der Waals surface area contributed by atoms with E-state index < -0.39 is 35.8 Å². The summed E-state index contributed by atoms with van der Waals surface area (Å²) >= 11 is 1.58. The van der Waals surface area contributed by atoms with Gasteiger partial charge in [-0.1, -0.05) is 30.3 Å². The minimum absolute atomic E-state index is 0.101. The molecule has 0 spiro atoms. The number of fused-ring (bicyclic) bond motifs is 1. The number of aliphatic hydroxyl groups excluding tert-OH is 1. The highest BCUT2D eigenvalue weighted by Crippen LogP contribution is 2.37. The molecule has 0 aliphatic carbocycles. The molecular weight excluding hydrogens is 641 g/mol. The van der Waals surface area contributed by atoms with Crippen LogP contribution in [0.1, 0.15) is 108 Å². The zero-order valence-electron chi connectivity index (χ0n) is 28.9. The summed E-state index contributed by atoms with van der Waals surface area (Å²) in [6.07, 6.45) is 4.27. The van der Waals surface area contributed by atoms with E-state index in [2.05, 4.69) is 5.32 Å². The van der Waals surface area contributed by atoms with Gasteiger partial charge >= 0.3 is 6.09 Å². The Hall–Kier alpha value is -3.96. The first-order valence-corrected chi connectivity index (χ1v) is 18.4. The number of aliphatic hydroxyl groups is 1. The summed E-state index contributed by atoms with van der Waals surface area (Å²) in [5.74, 6) is 0.0213. The zero-order valence-corrected chi connectivity index (χ0v) is 29.8. The summed E-state index contributed by atoms with van der Waals surface area (Å²) in [5.41, 5.74) is 2.82. The second kappa shape index (κ2) is 14.9. The fraction of sp³-hybridized carbons (Fsp3) is 0.526. The van der Waals surface area contributed by atoms with Crippen molar-refractivity contribution in [1.29, 1.82) is 0 Å². The molecule has 4 atom stereocenters. The molecule has 2 fully saturated rings. The predicted octanol–water partition coefficient (Wildman–Crippen LogP) is 6.25. The van der Waals surface area contributed by atoms with Crippen LogP contribution in [0.15, 0.2) is 47.8 Å². The van der Waals surface area contributed by atoms with E-state index in [1.165, 1.54) is 0 Å². The first kappa shape index (κ1) is 34.9. The number of nitrogens with zero attached hydrogens (tertiary/aromatic N) is 3. The molecule has 3 amide bonds. The Labute approximate surface area is 292 Å². The van der Waals surface area contributed by atoms with Crippen molar-refractivity contribution in [2.75, 3.05) is 19.7 Å². The molecule has 10 nitrogen and oxygen atoms in total. The van der Waals surface area contributed by atoms with E-state index >= 15 is 0 Å². The second-order valence-corrected chi connectivity index (χ2v) is 15.3. The van der Waals surface area contributed by atoms with Gasteiger partial charge in [0.1, 0.15) is 16.4 Å². The van der Waals surface area contributed by atoms with Crippen molar-refractivity contribution in [3.8, 4) is 5.75 Å². The predicted molar refractivity (Wildman–Crippen MR) is 188 cm³/mol. The summed E-state index contributed by atoms with van der Waals surface area (Å²) in [6.45, 7) is 9.01. The number of rotatable bonds is 8. The molecule has 2 aromatic carbocycles. The van der Waals surface area contributed by atoms with E-state index in [0.29, 0.717) is 55.8 Å². The van der Waals surface area contributed by atoms with Gasteiger partial charge in [-0.2, -0.15) is 0 Å². The molecular formula is C38H48N4O6S. The van der Waals surface area contributed by atoms with Crippen molar-refractivity contribution in [3.63, 3.8) is 0 Å². The standard InChI is InChI=1S/C38H48N4O6S/c1-24-23-49-35(39-24)31-16-11-17-41(31)36(45)28-21-26(22-32-27(28)14-8-9-19-47-32)34(44)40-29(20-25-12-6-5-7-13-25)33(43)30-15-10-18-42(30)37(46)48-38(2,3)4/h5-7,12-13,21-23,29-31,33,43H,8-11,14-20H2,1-4H3,(H,40,44)/t29-,30+,31?,33-/m0/s1. The lowest BCUT2D eigenvalue weighted by Crippen LogP contribution is -2.54. The van der Waals surface area contributed by atoms with Gasteiger partial charge in [0.2, 0.25) is 0 Å². The SMILES string of the molecule is Cc1csc(C2CCCN2C(=O)c2cc(C(=O)N[C@@H](Cc3ccccc3)[C@H](O)[C@H]3CCCN3C(=O)OC(C)(C)C)cc3c2CCCCO3)n1. The van der Waals surface area contributed by atoms with Gasteiger partial charge in [0.05, 0.1) is 30.8 Å². The zero-order chi connectivity index (χ0) is 34.7. The van der Waals surface area contributed by atoms with E-state index in [4.69, 9.17) is 14.5 Å². The molecule has 2 N–H and O–H groups in total. The van der Waals surface area contributed by atoms with E-state index in [0.717, 1.165) is 53.9 Å². The Morgan fingerprint density at radius 3 is 2.55 bits per heavy atom. The molecule has 3 aromatic rings. The highest BCUT2D eigenvalue weighted by Gasteiger charge is 2.41. The molecule has 1 unspecified atom stereocenters. The molecule has 4 heterocycles. The maximum absolute atomic E-state index is 14.4. The van der Waals surface area contributed by atoms with Crippen molar-refractivity contribution in [3.05, 3.63) is 80.8 Å². The van der Waals surface area contributed by atoms with E-state index in [9.17, 15) is 19.5 Å². The molecule has 0 radical (unpaired) electrons. The lowest BCUT2D eigenvalue weighted by atomic mass is 9.93. The average Bonchev–Trinajstić information content (AvgIpc) is 3.81. The van der Waals surface area contributed by atoms with Crippen LogP contribution in [-0.4, -0.2) is 81.3 Å². The summed E-state index contributed by atoms with van der Waals surface area (Å²) in [6, 6.07) is 11.7. The minimum Gasteiger partial charge on any atom is -0.493 e. The molecule has 3 aliphatic rings. The van der Waals surface area contributed by atoms with Gasteiger partial charge in [0, 0.05) is 40.9 Å². The molecule has 0 saturated carbocycles. The Kier molecular flexibility index (Phi) is 10.6. The summed E-state index contributed by atoms with van der Waals surface area (Å²) in [5, 5.41) is 17.9. The third-order valence-electron chi connectivity index (χ3n) is 9.56. The van der Waals surface area contributed by atoms with Gasteiger partial charge in [-0.05, 0) is 96.8 Å². The monoisotopic (exact) mass is 688 g/mol. The van der Waals surface area contributed by atoms with E-state index in [1.54, 1.807) is 28.4 Å². The summed E-state index contributed by atoms with van der Waals surface area (Å²) in [7, 11) is 0. The molecule has 49 heavy (non-hydrogen) atoms. The van der Waals surface area contributed by atoms with Gasteiger partial charge < -0.3 is 29.7 Å². The van der Waals surface area contributed by atoms with Crippen LogP contribution in [0.5, 0.6) is 5.75 Å². The van der Waals surface area contributed by atoms with Gasteiger partial charge in [-0.15, -0.1) is 11.3 Å². The Morgan fingerprint density at radius 2 is 1.82 bits per heavy atom. The maximum atomic E-state index is 14.4. The number of ether oxygens (including phenoxy) is 2. The molecule has 3 aliphatic heterocycles. The number of aromatic nitrogens is 1. The molecule has 11 heteroatoms. The number of hydrogen-bond acceptors (Lipinski definition) is 8. The third-order valence-corrected chi connectivity index (χ3v) is 10.6. The largest absolute Gasteiger partial charge is 0.493 e. The lowest BCUT2D eigenvalue weighted by molar-refractivity contribution is -0.00161. The topological polar surface area (TPSA) is 121 Å². The van der Waals surface area contributed by atoms with Gasteiger partial charge in [0.25, 0.3) is 11.8 Å². The minimum atomic E-state index is -1.07. The first-order chi connectivity index (χ1) is 23.5. The van der Waals surface area contributed by atoms with Crippen molar-refractivity contribution >= 4 is 29.2 Å². The molecule has 262 valence electrons. The van der Waals surface area contributed by atoms with Crippen LogP contribution < -0.4 is 10.1 Å². The fourth-order valence-electron chi connectivity index (χ4n) is 7.23. The quantitative estimate of drug-likeness (QED) is 0.287. The fourth-order valence-corrected chi connectivity index (χ4v) is 8.17. The van der Waals surface area contributed by atoms with Gasteiger partial charge in [0.15, 0.2) is 0 Å². The number of likely N-dealkylation sites (tertiary alicyclic amines) is 2. The number of benzene rings is 2. The highest BCUT2D eigenvalue weighted by atomic mass is 32.1. The number of aryl methyl sites for hydroxylation is 1. The normalized spacial score (nSPS) is 20.6. The molecule has 1 aromatic heterocycles. The van der Waals surface area contributed by atoms with Crippen LogP contribution in [0, 0.1) is 6.92 Å². The van der Waals surface area contributed by atoms with Crippen LogP contribution in [0.25, 0.3) is 0 Å². The maximum Gasteiger partial charge on any atom is 0.410 e. The van der Waals surface area contributed by atoms with Crippen molar-refractivity contribution < 1.29 is 29.0 Å². The van der Waals surface area contributed by atoms with E-state index in [-0.39, 0.29) is 11.9 Å². The smallest absolute Gasteiger partial charge is 0.410 e. The molecule has 0 bridgehead atoms. The number of hydrogen-bond donors (Lipinski definition) is 2. The number of carbonyl (C=O) groups is 3. The Balaban J connectivity index is 1.30. The number of thiazole rings is 1. The van der Waals surface area contributed by atoms with Crippen molar-refractivity contribution in [2.45, 2.75) is 109 Å². The Morgan fingerprint density at radius 1 is 1.06 bits per heavy atom.